The van der Waals surface area contributed by atoms with E-state index in [1.165, 1.54) is 12.0 Å². The van der Waals surface area contributed by atoms with Gasteiger partial charge in [-0.3, -0.25) is 0 Å². The van der Waals surface area contributed by atoms with Crippen molar-refractivity contribution < 1.29 is 4.79 Å². The lowest BCUT2D eigenvalue weighted by Crippen LogP contribution is -2.43. The summed E-state index contributed by atoms with van der Waals surface area (Å²) in [4.78, 5) is 16.9. The van der Waals surface area contributed by atoms with Crippen molar-refractivity contribution in [2.24, 2.45) is 5.73 Å². The molecule has 0 spiro atoms. The average Bonchev–Trinajstić information content (AvgIpc) is 2.73. The number of aromatic nitrogens is 1. The number of nitrogens with zero attached hydrogens (tertiary/aromatic N) is 1. The summed E-state index contributed by atoms with van der Waals surface area (Å²) in [6.07, 6.45) is 3.28. The van der Waals surface area contributed by atoms with Gasteiger partial charge in [-0.1, -0.05) is 54.6 Å². The van der Waals surface area contributed by atoms with Crippen LogP contribution in [-0.2, 0) is 12.1 Å². The number of hydrogen-bond donors (Lipinski definition) is 3. The van der Waals surface area contributed by atoms with Crippen LogP contribution in [0.3, 0.4) is 0 Å². The number of nitrogens with two attached hydrogens (primary N) is 1. The molecule has 2 aliphatic rings. The van der Waals surface area contributed by atoms with Gasteiger partial charge in [0.2, 0.25) is 0 Å². The molecule has 5 nitrogen and oxygen atoms in total. The molecule has 0 bridgehead atoms. The Morgan fingerprint density at radius 1 is 1.00 bits per heavy atom. The fourth-order valence-corrected chi connectivity index (χ4v) is 4.35. The average molecular weight is 384 g/mol. The highest BCUT2D eigenvalue weighted by atomic mass is 16.2. The zero-order valence-electron chi connectivity index (χ0n) is 16.5. The van der Waals surface area contributed by atoms with Gasteiger partial charge >= 0.3 is 6.03 Å². The third-order valence-electron chi connectivity index (χ3n) is 6.22. The Bertz CT molecular complexity index is 1090. The predicted octanol–water partition coefficient (Wildman–Crippen LogP) is 4.70. The topological polar surface area (TPSA) is 80.0 Å². The van der Waals surface area contributed by atoms with Gasteiger partial charge in [-0.05, 0) is 42.9 Å². The van der Waals surface area contributed by atoms with Crippen LogP contribution < -0.4 is 16.4 Å². The molecule has 0 atom stereocenters. The number of urea groups is 1. The van der Waals surface area contributed by atoms with Gasteiger partial charge in [-0.25, -0.2) is 9.78 Å². The van der Waals surface area contributed by atoms with E-state index in [1.807, 2.05) is 18.2 Å². The number of pyridine rings is 1. The predicted molar refractivity (Wildman–Crippen MR) is 115 cm³/mol. The molecule has 1 aliphatic heterocycles. The minimum absolute atomic E-state index is 0.172. The van der Waals surface area contributed by atoms with Gasteiger partial charge < -0.3 is 16.4 Å². The van der Waals surface area contributed by atoms with Crippen molar-refractivity contribution in [2.45, 2.75) is 38.3 Å². The first-order chi connectivity index (χ1) is 14.0. The molecular formula is C24H24N4O. The van der Waals surface area contributed by atoms with Crippen molar-refractivity contribution in [3.05, 3.63) is 71.4 Å². The molecule has 1 aliphatic carbocycles. The number of nitrogens with one attached hydrogen (secondary N) is 2. The molecule has 146 valence electrons. The molecule has 0 unspecified atom stereocenters. The lowest BCUT2D eigenvalue weighted by atomic mass is 9.72. The number of amides is 2. The van der Waals surface area contributed by atoms with E-state index in [2.05, 4.69) is 54.0 Å². The van der Waals surface area contributed by atoms with Crippen LogP contribution >= 0.6 is 0 Å². The van der Waals surface area contributed by atoms with Crippen molar-refractivity contribution in [1.29, 1.82) is 0 Å². The Morgan fingerprint density at radius 2 is 1.72 bits per heavy atom. The number of carbonyl (C=O) groups excluding carboxylic acids is 1. The van der Waals surface area contributed by atoms with Crippen LogP contribution in [0.1, 0.15) is 36.1 Å². The van der Waals surface area contributed by atoms with Crippen LogP contribution in [-0.4, -0.2) is 11.0 Å². The van der Waals surface area contributed by atoms with Crippen LogP contribution in [0, 0.1) is 6.92 Å². The maximum atomic E-state index is 11.9. The van der Waals surface area contributed by atoms with Crippen molar-refractivity contribution in [1.82, 2.24) is 10.3 Å². The van der Waals surface area contributed by atoms with Crippen LogP contribution in [0.25, 0.3) is 22.4 Å². The van der Waals surface area contributed by atoms with Gasteiger partial charge in [0.05, 0.1) is 23.6 Å². The molecule has 0 radical (unpaired) electrons. The smallest absolute Gasteiger partial charge is 0.319 e. The molecule has 5 heteroatoms. The van der Waals surface area contributed by atoms with Gasteiger partial charge in [0.15, 0.2) is 0 Å². The quantitative estimate of drug-likeness (QED) is 0.612. The Balaban J connectivity index is 1.67. The van der Waals surface area contributed by atoms with Crippen LogP contribution in [0.5, 0.6) is 0 Å². The van der Waals surface area contributed by atoms with E-state index in [9.17, 15) is 4.79 Å². The number of hydrogen-bond acceptors (Lipinski definition) is 3. The van der Waals surface area contributed by atoms with Crippen molar-refractivity contribution in [3.63, 3.8) is 0 Å². The Kier molecular flexibility index (Phi) is 4.14. The molecule has 1 saturated carbocycles. The molecule has 3 aromatic rings. The molecule has 0 saturated heterocycles. The summed E-state index contributed by atoms with van der Waals surface area (Å²) in [6, 6.07) is 18.6. The fraction of sp³-hybridized carbons (Fsp3) is 0.250. The van der Waals surface area contributed by atoms with Gasteiger partial charge in [0, 0.05) is 16.7 Å². The minimum atomic E-state index is -0.188. The second-order valence-electron chi connectivity index (χ2n) is 8.04. The van der Waals surface area contributed by atoms with Crippen LogP contribution in [0.2, 0.25) is 0 Å². The van der Waals surface area contributed by atoms with Crippen LogP contribution in [0.15, 0.2) is 54.6 Å². The number of carbonyl (C=O) groups is 1. The molecular weight excluding hydrogens is 360 g/mol. The van der Waals surface area contributed by atoms with Gasteiger partial charge in [0.25, 0.3) is 0 Å². The van der Waals surface area contributed by atoms with E-state index in [4.69, 9.17) is 10.7 Å². The standard InChI is InChI=1S/C24H24N4O/c1-15-20(16-6-3-2-4-7-16)22(27-19-14-26-23(29)28-21(15)19)17-8-10-18(11-9-17)24(25)12-5-13-24/h2-4,6-11H,5,12-14,25H2,1H3,(H2,26,28,29). The van der Waals surface area contributed by atoms with E-state index in [0.29, 0.717) is 6.54 Å². The summed E-state index contributed by atoms with van der Waals surface area (Å²) >= 11 is 0. The number of benzene rings is 2. The lowest BCUT2D eigenvalue weighted by Gasteiger charge is -2.38. The maximum Gasteiger partial charge on any atom is 0.319 e. The maximum absolute atomic E-state index is 11.9. The molecule has 4 N–H and O–H groups in total. The Labute approximate surface area is 170 Å². The second kappa shape index (κ2) is 6.71. The highest BCUT2D eigenvalue weighted by Gasteiger charge is 2.34. The van der Waals surface area contributed by atoms with Gasteiger partial charge in [-0.15, -0.1) is 0 Å². The number of fused-ring (bicyclic) bond motifs is 1. The summed E-state index contributed by atoms with van der Waals surface area (Å²) in [6.45, 7) is 2.48. The summed E-state index contributed by atoms with van der Waals surface area (Å²) in [5, 5.41) is 5.75. The zero-order valence-corrected chi connectivity index (χ0v) is 16.5. The Morgan fingerprint density at radius 3 is 2.38 bits per heavy atom. The minimum Gasteiger partial charge on any atom is -0.332 e. The summed E-state index contributed by atoms with van der Waals surface area (Å²) < 4.78 is 0. The highest BCUT2D eigenvalue weighted by molar-refractivity contribution is 5.96. The van der Waals surface area contributed by atoms with Crippen molar-refractivity contribution >= 4 is 11.7 Å². The van der Waals surface area contributed by atoms with Gasteiger partial charge in [0.1, 0.15) is 0 Å². The molecule has 29 heavy (non-hydrogen) atoms. The zero-order chi connectivity index (χ0) is 20.0. The normalized spacial score (nSPS) is 17.0. The summed E-state index contributed by atoms with van der Waals surface area (Å²) in [7, 11) is 0. The molecule has 2 aromatic carbocycles. The molecule has 2 amide bonds. The summed E-state index contributed by atoms with van der Waals surface area (Å²) in [5.74, 6) is 0. The fourth-order valence-electron chi connectivity index (χ4n) is 4.35. The first-order valence-electron chi connectivity index (χ1n) is 10.1. The molecule has 1 aromatic heterocycles. The van der Waals surface area contributed by atoms with Crippen molar-refractivity contribution in [3.8, 4) is 22.4 Å². The number of rotatable bonds is 3. The van der Waals surface area contributed by atoms with Crippen LogP contribution in [0.4, 0.5) is 10.5 Å². The first kappa shape index (κ1) is 17.9. The monoisotopic (exact) mass is 384 g/mol. The van der Waals surface area contributed by atoms with E-state index in [-0.39, 0.29) is 11.6 Å². The second-order valence-corrected chi connectivity index (χ2v) is 8.04. The SMILES string of the molecule is Cc1c2c(nc(-c3ccc(C4(N)CCC4)cc3)c1-c1ccccc1)CNC(=O)N2. The van der Waals surface area contributed by atoms with E-state index >= 15 is 0 Å². The third kappa shape index (κ3) is 2.98. The first-order valence-corrected chi connectivity index (χ1v) is 10.1. The molecule has 2 heterocycles. The highest BCUT2D eigenvalue weighted by Crippen LogP contribution is 2.41. The van der Waals surface area contributed by atoms with E-state index in [0.717, 1.165) is 52.2 Å². The molecule has 5 rings (SSSR count). The number of anilines is 1. The molecule has 1 fully saturated rings. The Hall–Kier alpha value is -3.18. The third-order valence-corrected chi connectivity index (χ3v) is 6.22. The van der Waals surface area contributed by atoms with E-state index in [1.54, 1.807) is 0 Å². The lowest BCUT2D eigenvalue weighted by molar-refractivity contribution is 0.250. The van der Waals surface area contributed by atoms with Crippen molar-refractivity contribution in [2.75, 3.05) is 5.32 Å². The van der Waals surface area contributed by atoms with E-state index < -0.39 is 0 Å². The van der Waals surface area contributed by atoms with Gasteiger partial charge in [-0.2, -0.15) is 0 Å². The largest absolute Gasteiger partial charge is 0.332 e. The summed E-state index contributed by atoms with van der Waals surface area (Å²) in [5.41, 5.74) is 14.3.